The zero-order valence-corrected chi connectivity index (χ0v) is 13.7. The maximum absolute atomic E-state index is 12.5. The first-order chi connectivity index (χ1) is 11.1. The highest BCUT2D eigenvalue weighted by Crippen LogP contribution is 2.30. The Bertz CT molecular complexity index is 710. The number of fused-ring (bicyclic) bond motifs is 1. The van der Waals surface area contributed by atoms with Crippen molar-refractivity contribution < 1.29 is 9.53 Å². The molecule has 0 unspecified atom stereocenters. The maximum atomic E-state index is 12.5. The minimum absolute atomic E-state index is 0.0605. The van der Waals surface area contributed by atoms with Crippen LogP contribution < -0.4 is 5.32 Å². The van der Waals surface area contributed by atoms with Gasteiger partial charge in [0.2, 0.25) is 0 Å². The van der Waals surface area contributed by atoms with Gasteiger partial charge in [0.1, 0.15) is 0 Å². The van der Waals surface area contributed by atoms with Crippen molar-refractivity contribution in [3.63, 3.8) is 0 Å². The summed E-state index contributed by atoms with van der Waals surface area (Å²) in [6.45, 7) is 6.54. The maximum Gasteiger partial charge on any atom is 0.272 e. The normalized spacial score (nSPS) is 20.1. The van der Waals surface area contributed by atoms with E-state index in [2.05, 4.69) is 27.4 Å². The Hall–Kier alpha value is -2.21. The molecule has 3 rings (SSSR count). The summed E-state index contributed by atoms with van der Waals surface area (Å²) in [6, 6.07) is 1.94. The summed E-state index contributed by atoms with van der Waals surface area (Å²) in [7, 11) is 0. The first-order valence-electron chi connectivity index (χ1n) is 8.02. The molecule has 2 aromatic rings. The molecule has 2 atom stereocenters. The smallest absolute Gasteiger partial charge is 0.272 e. The van der Waals surface area contributed by atoms with E-state index in [1.807, 2.05) is 26.1 Å². The lowest BCUT2D eigenvalue weighted by molar-refractivity contribution is -0.00697. The fourth-order valence-electron chi connectivity index (χ4n) is 3.07. The third-order valence-corrected chi connectivity index (χ3v) is 4.27. The number of carbonyl (C=O) groups excluding carboxylic acids is 1. The van der Waals surface area contributed by atoms with Crippen LogP contribution in [0.1, 0.15) is 59.7 Å². The molecular weight excluding hydrogens is 292 g/mol. The van der Waals surface area contributed by atoms with E-state index >= 15 is 0 Å². The third kappa shape index (κ3) is 3.12. The van der Waals surface area contributed by atoms with E-state index in [9.17, 15) is 4.79 Å². The van der Waals surface area contributed by atoms with E-state index in [1.165, 1.54) is 0 Å². The molecule has 6 nitrogen and oxygen atoms in total. The van der Waals surface area contributed by atoms with Gasteiger partial charge < -0.3 is 10.1 Å². The molecule has 23 heavy (non-hydrogen) atoms. The summed E-state index contributed by atoms with van der Waals surface area (Å²) in [5, 5.41) is 10.1. The molecule has 0 spiro atoms. The van der Waals surface area contributed by atoms with E-state index in [0.717, 1.165) is 28.8 Å². The lowest BCUT2D eigenvalue weighted by Gasteiger charge is -2.25. The molecule has 122 valence electrons. The molecule has 0 saturated heterocycles. The number of aromatic nitrogens is 3. The van der Waals surface area contributed by atoms with Crippen molar-refractivity contribution >= 4 is 5.91 Å². The second-order valence-electron chi connectivity index (χ2n) is 5.94. The van der Waals surface area contributed by atoms with Crippen molar-refractivity contribution in [3.05, 3.63) is 46.5 Å². The third-order valence-electron chi connectivity index (χ3n) is 4.27. The van der Waals surface area contributed by atoms with Crippen LogP contribution in [0.4, 0.5) is 0 Å². The number of aryl methyl sites for hydroxylation is 1. The Morgan fingerprint density at radius 2 is 2.26 bits per heavy atom. The first-order valence-corrected chi connectivity index (χ1v) is 8.02. The predicted molar refractivity (Wildman–Crippen MR) is 86.0 cm³/mol. The molecular formula is C17H22N4O2. The van der Waals surface area contributed by atoms with Crippen LogP contribution in [0.3, 0.4) is 0 Å². The number of aromatic amines is 1. The second-order valence-corrected chi connectivity index (χ2v) is 5.94. The molecule has 0 bridgehead atoms. The molecule has 2 aromatic heterocycles. The molecule has 3 heterocycles. The van der Waals surface area contributed by atoms with Gasteiger partial charge in [0.05, 0.1) is 17.9 Å². The molecule has 1 aliphatic heterocycles. The SMILES string of the molecule is CCc1cnccc1CNC(=O)c1n[nH]c2c1C[C@H](C)O[C@@H]2C. The number of ether oxygens (including phenoxy) is 1. The van der Waals surface area contributed by atoms with Gasteiger partial charge >= 0.3 is 0 Å². The minimum Gasteiger partial charge on any atom is -0.369 e. The highest BCUT2D eigenvalue weighted by molar-refractivity contribution is 5.94. The molecule has 0 aromatic carbocycles. The van der Waals surface area contributed by atoms with Crippen LogP contribution in [-0.2, 0) is 24.1 Å². The van der Waals surface area contributed by atoms with Gasteiger partial charge in [-0.1, -0.05) is 6.92 Å². The second kappa shape index (κ2) is 6.50. The van der Waals surface area contributed by atoms with Crippen LogP contribution in [0, 0.1) is 0 Å². The molecule has 6 heteroatoms. The largest absolute Gasteiger partial charge is 0.369 e. The molecule has 0 radical (unpaired) electrons. The van der Waals surface area contributed by atoms with Crippen LogP contribution >= 0.6 is 0 Å². The van der Waals surface area contributed by atoms with Crippen molar-refractivity contribution in [2.45, 2.75) is 52.4 Å². The highest BCUT2D eigenvalue weighted by atomic mass is 16.5. The van der Waals surface area contributed by atoms with Crippen molar-refractivity contribution in [2.75, 3.05) is 0 Å². The fourth-order valence-corrected chi connectivity index (χ4v) is 3.07. The number of H-pyrrole nitrogens is 1. The van der Waals surface area contributed by atoms with E-state index in [0.29, 0.717) is 18.7 Å². The van der Waals surface area contributed by atoms with Gasteiger partial charge in [0.25, 0.3) is 5.91 Å². The molecule has 2 N–H and O–H groups in total. The summed E-state index contributed by atoms with van der Waals surface area (Å²) in [5.41, 5.74) is 4.59. The van der Waals surface area contributed by atoms with Crippen LogP contribution in [0.15, 0.2) is 18.5 Å². The topological polar surface area (TPSA) is 79.9 Å². The minimum atomic E-state index is -0.150. The number of hydrogen-bond acceptors (Lipinski definition) is 4. The standard InChI is InChI=1S/C17H22N4O2/c1-4-12-8-18-6-5-13(12)9-19-17(22)16-14-7-10(2)23-11(3)15(14)20-21-16/h5-6,8,10-11H,4,7,9H2,1-3H3,(H,19,22)(H,20,21)/t10-,11+/m0/s1. The van der Waals surface area contributed by atoms with E-state index < -0.39 is 0 Å². The molecule has 1 aliphatic rings. The van der Waals surface area contributed by atoms with Crippen LogP contribution in [0.2, 0.25) is 0 Å². The van der Waals surface area contributed by atoms with Gasteiger partial charge in [-0.25, -0.2) is 0 Å². The lowest BCUT2D eigenvalue weighted by atomic mass is 9.99. The van der Waals surface area contributed by atoms with Crippen molar-refractivity contribution in [2.24, 2.45) is 0 Å². The summed E-state index contributed by atoms with van der Waals surface area (Å²) < 4.78 is 5.76. The van der Waals surface area contributed by atoms with Gasteiger partial charge in [-0.15, -0.1) is 0 Å². The van der Waals surface area contributed by atoms with E-state index in [-0.39, 0.29) is 18.1 Å². The number of nitrogens with zero attached hydrogens (tertiary/aromatic N) is 2. The fraction of sp³-hybridized carbons (Fsp3) is 0.471. The monoisotopic (exact) mass is 314 g/mol. The number of rotatable bonds is 4. The van der Waals surface area contributed by atoms with Crippen molar-refractivity contribution in [1.82, 2.24) is 20.5 Å². The van der Waals surface area contributed by atoms with Gasteiger partial charge in [-0.05, 0) is 37.5 Å². The summed E-state index contributed by atoms with van der Waals surface area (Å²) in [4.78, 5) is 16.6. The van der Waals surface area contributed by atoms with Crippen molar-refractivity contribution in [3.8, 4) is 0 Å². The summed E-state index contributed by atoms with van der Waals surface area (Å²) in [6.07, 6.45) is 5.22. The van der Waals surface area contributed by atoms with Gasteiger partial charge in [0.15, 0.2) is 5.69 Å². The number of nitrogens with one attached hydrogen (secondary N) is 2. The van der Waals surface area contributed by atoms with E-state index in [1.54, 1.807) is 6.20 Å². The predicted octanol–water partition coefficient (Wildman–Crippen LogP) is 2.32. The quantitative estimate of drug-likeness (QED) is 0.907. The average Bonchev–Trinajstić information content (AvgIpc) is 2.97. The van der Waals surface area contributed by atoms with Crippen LogP contribution in [0.25, 0.3) is 0 Å². The highest BCUT2D eigenvalue weighted by Gasteiger charge is 2.29. The number of hydrogen-bond donors (Lipinski definition) is 2. The lowest BCUT2D eigenvalue weighted by Crippen LogP contribution is -2.27. The molecule has 0 fully saturated rings. The molecule has 1 amide bonds. The van der Waals surface area contributed by atoms with Gasteiger partial charge in [-0.2, -0.15) is 5.10 Å². The van der Waals surface area contributed by atoms with E-state index in [4.69, 9.17) is 4.74 Å². The zero-order valence-electron chi connectivity index (χ0n) is 13.7. The first kappa shape index (κ1) is 15.7. The van der Waals surface area contributed by atoms with Gasteiger partial charge in [0, 0.05) is 30.9 Å². The number of amides is 1. The zero-order chi connectivity index (χ0) is 16.4. The summed E-state index contributed by atoms with van der Waals surface area (Å²) >= 11 is 0. The van der Waals surface area contributed by atoms with Gasteiger partial charge in [-0.3, -0.25) is 14.9 Å². The number of pyridine rings is 1. The Kier molecular flexibility index (Phi) is 4.43. The van der Waals surface area contributed by atoms with Crippen LogP contribution in [-0.4, -0.2) is 27.2 Å². The Morgan fingerprint density at radius 1 is 1.43 bits per heavy atom. The Labute approximate surface area is 135 Å². The molecule has 0 saturated carbocycles. The summed E-state index contributed by atoms with van der Waals surface area (Å²) in [5.74, 6) is -0.150. The Morgan fingerprint density at radius 3 is 3.04 bits per heavy atom. The molecule has 0 aliphatic carbocycles. The van der Waals surface area contributed by atoms with Crippen LogP contribution in [0.5, 0.6) is 0 Å². The Balaban J connectivity index is 1.75. The average molecular weight is 314 g/mol. The van der Waals surface area contributed by atoms with Crippen molar-refractivity contribution in [1.29, 1.82) is 0 Å². The number of carbonyl (C=O) groups is 1.